The quantitative estimate of drug-likeness (QED) is 0.0300. The zero-order chi connectivity index (χ0) is 105. The van der Waals surface area contributed by atoms with Gasteiger partial charge in [0.2, 0.25) is 0 Å². The first-order valence-electron chi connectivity index (χ1n) is 54.8. The largest absolute Gasteiger partial charge is 0.497 e. The van der Waals surface area contributed by atoms with Crippen molar-refractivity contribution >= 4 is 28.9 Å². The number of aromatic nitrogens is 1. The van der Waals surface area contributed by atoms with Gasteiger partial charge >= 0.3 is 0 Å². The highest BCUT2D eigenvalue weighted by molar-refractivity contribution is 6.00. The number of aliphatic hydroxyl groups is 5. The fraction of sp³-hybridized carbons (Fsp3) is 0.484. The predicted octanol–water partition coefficient (Wildman–Crippen LogP) is 16.8. The van der Waals surface area contributed by atoms with Crippen molar-refractivity contribution in [1.82, 2.24) is 54.0 Å². The topological polar surface area (TPSA) is 250 Å². The fourth-order valence-corrected chi connectivity index (χ4v) is 24.2. The van der Waals surface area contributed by atoms with Crippen LogP contribution in [0.15, 0.2) is 249 Å². The standard InChI is InChI=1S/C26H34N2O3.C25H31FN2O3.C25H31FN2O2.C25H32N2O2.C23H28FN3O2/c1-19-3-7-21(8-4-19)26(30)22-11-15-28(16-12-22)24-13-14-27(18-25(24)29)17-20-5-9-23(31-2)10-6-20;1-31-22-8-4-19(5-9-22)25(30)20-10-14-28(15-11-20)23-12-13-27(17-24(23)29)16-18-2-6-21(26)7-3-18;1-18-2-6-20(7-3-18)25(30)21-10-14-28(15-11-21)23-12-13-27(17-24(23)29)16-19-4-8-22(26)9-5-19;1-19-7-9-21(10-8-19)25(29)22-11-15-27(16-12-22)23-13-14-26(18-24(23)28)17-20-5-3-2-4-6-20;24-20-5-3-18(4-6-20)23(29)19-7-12-27(13-8-19)21-9-11-26(16-22(21)28)15-17-2-1-10-25-14-17/h3-10,22,24-25,29H,11-18H2,1-2H3;2-9,20,23-24,29H,10-17H2,1H3;2-9,21,23-24,29H,10-17H2,1H3;2-10,22-24,28H,11-18H2,1H3;1-6,10,14,19,21-22,28H,7-9,11-13,15-16H2. The van der Waals surface area contributed by atoms with Gasteiger partial charge in [0.1, 0.15) is 29.0 Å². The summed E-state index contributed by atoms with van der Waals surface area (Å²) in [4.78, 5) is 91.5. The molecule has 10 aliphatic heterocycles. The molecule has 10 atom stereocenters. The number of likely N-dealkylation sites (tertiary alicyclic amines) is 10. The van der Waals surface area contributed by atoms with E-state index < -0.39 is 12.2 Å². The van der Waals surface area contributed by atoms with Gasteiger partial charge in [-0.1, -0.05) is 162 Å². The van der Waals surface area contributed by atoms with Gasteiger partial charge in [-0.3, -0.25) is 78.0 Å². The number of carbonyl (C=O) groups is 5. The van der Waals surface area contributed by atoms with Gasteiger partial charge in [-0.15, -0.1) is 0 Å². The summed E-state index contributed by atoms with van der Waals surface area (Å²) in [7, 11) is 3.30. The van der Waals surface area contributed by atoms with Crippen LogP contribution in [0.3, 0.4) is 0 Å². The van der Waals surface area contributed by atoms with E-state index in [-0.39, 0.29) is 124 Å². The Morgan fingerprint density at radius 3 is 0.700 bits per heavy atom. The zero-order valence-electron chi connectivity index (χ0n) is 88.3. The van der Waals surface area contributed by atoms with Crippen LogP contribution >= 0.6 is 0 Å². The number of hydrogen-bond donors (Lipinski definition) is 5. The Bertz CT molecular complexity index is 5700. The van der Waals surface area contributed by atoms with Gasteiger partial charge in [0, 0.05) is 198 Å². The van der Waals surface area contributed by atoms with Crippen molar-refractivity contribution in [2.45, 2.75) is 211 Å². The van der Waals surface area contributed by atoms with E-state index in [1.165, 1.54) is 69.8 Å². The Balaban J connectivity index is 0.000000133. The lowest BCUT2D eigenvalue weighted by atomic mass is 9.87. The average Bonchev–Trinajstić information content (AvgIpc) is 0.826. The summed E-state index contributed by atoms with van der Waals surface area (Å²) in [5.74, 6) is 2.31. The third-order valence-corrected chi connectivity index (χ3v) is 33.1. The number of aliphatic hydroxyl groups excluding tert-OH is 5. The van der Waals surface area contributed by atoms with Gasteiger partial charge < -0.3 is 35.0 Å². The number of hydrogen-bond acceptors (Lipinski definition) is 23. The molecule has 0 amide bonds. The first-order chi connectivity index (χ1) is 72.7. The van der Waals surface area contributed by atoms with Crippen LogP contribution in [0.5, 0.6) is 11.5 Å². The molecule has 20 rings (SSSR count). The maximum absolute atomic E-state index is 13.1. The summed E-state index contributed by atoms with van der Waals surface area (Å²) >= 11 is 0. The van der Waals surface area contributed by atoms with Gasteiger partial charge in [-0.25, -0.2) is 13.2 Å². The Labute approximate surface area is 885 Å². The van der Waals surface area contributed by atoms with E-state index in [9.17, 15) is 62.7 Å². The number of rotatable bonds is 27. The molecule has 10 fully saturated rings. The number of pyridine rings is 1. The van der Waals surface area contributed by atoms with E-state index in [1.807, 2.05) is 160 Å². The van der Waals surface area contributed by atoms with Crippen LogP contribution in [0.25, 0.3) is 0 Å². The number of nitrogens with zero attached hydrogens (tertiary/aromatic N) is 11. The minimum absolute atomic E-state index is 0.0143. The number of β-amino-alcohol motifs (C(OH)–C–C–N with tert-alkyl or cyclic N) is 5. The van der Waals surface area contributed by atoms with E-state index in [1.54, 1.807) is 44.7 Å². The lowest BCUT2D eigenvalue weighted by molar-refractivity contribution is -0.0252. The lowest BCUT2D eigenvalue weighted by Gasteiger charge is -2.44. The summed E-state index contributed by atoms with van der Waals surface area (Å²) in [6.45, 7) is 26.9. The zero-order valence-corrected chi connectivity index (χ0v) is 88.3. The minimum Gasteiger partial charge on any atom is -0.497 e. The normalized spacial score (nSPS) is 24.0. The molecule has 10 aliphatic rings. The third-order valence-electron chi connectivity index (χ3n) is 33.1. The maximum Gasteiger partial charge on any atom is 0.166 e. The Morgan fingerprint density at radius 1 is 0.260 bits per heavy atom. The molecule has 23 nitrogen and oxygen atoms in total. The first kappa shape index (κ1) is 112. The van der Waals surface area contributed by atoms with Crippen LogP contribution in [0, 0.1) is 67.8 Å². The summed E-state index contributed by atoms with van der Waals surface area (Å²) in [5.41, 5.74) is 13.2. The number of methoxy groups -OCH3 is 2. The van der Waals surface area contributed by atoms with E-state index in [4.69, 9.17) is 9.47 Å². The highest BCUT2D eigenvalue weighted by atomic mass is 19.1. The van der Waals surface area contributed by atoms with Crippen LogP contribution in [0.2, 0.25) is 0 Å². The lowest BCUT2D eigenvalue weighted by Crippen LogP contribution is -2.55. The van der Waals surface area contributed by atoms with Gasteiger partial charge in [0.05, 0.1) is 44.7 Å². The molecule has 0 aliphatic carbocycles. The molecule has 9 aromatic carbocycles. The average molecular weight is 2050 g/mol. The molecule has 10 aromatic rings. The summed E-state index contributed by atoms with van der Waals surface area (Å²) in [6, 6.07) is 73.6. The smallest absolute Gasteiger partial charge is 0.166 e. The van der Waals surface area contributed by atoms with Crippen LogP contribution in [0.4, 0.5) is 13.2 Å². The molecule has 0 saturated carbocycles. The Hall–Kier alpha value is -10.7. The van der Waals surface area contributed by atoms with E-state index in [0.717, 1.165) is 279 Å². The van der Waals surface area contributed by atoms with Gasteiger partial charge in [-0.2, -0.15) is 0 Å². The van der Waals surface area contributed by atoms with E-state index in [2.05, 4.69) is 96.4 Å². The monoisotopic (exact) mass is 2050 g/mol. The summed E-state index contributed by atoms with van der Waals surface area (Å²) in [6.07, 6.45) is 15.0. The molecular formula is C124H156F3N11O12. The summed E-state index contributed by atoms with van der Waals surface area (Å²) < 4.78 is 49.7. The molecule has 10 saturated heterocycles. The molecule has 0 bridgehead atoms. The van der Waals surface area contributed by atoms with Crippen LogP contribution < -0.4 is 9.47 Å². The highest BCUT2D eigenvalue weighted by Gasteiger charge is 2.43. The van der Waals surface area contributed by atoms with Crippen molar-refractivity contribution in [3.63, 3.8) is 0 Å². The molecular weight excluding hydrogens is 1890 g/mol. The second-order valence-electron chi connectivity index (χ2n) is 43.4. The number of Topliss-reactive ketones (excluding diaryl/α,β-unsaturated/α-hetero) is 5. The second kappa shape index (κ2) is 55.2. The van der Waals surface area contributed by atoms with Crippen LogP contribution in [-0.2, 0) is 32.7 Å². The first-order valence-corrected chi connectivity index (χ1v) is 54.8. The fourth-order valence-electron chi connectivity index (χ4n) is 24.2. The molecule has 0 radical (unpaired) electrons. The van der Waals surface area contributed by atoms with Crippen molar-refractivity contribution in [3.05, 3.63) is 339 Å². The SMILES string of the molecule is COc1ccc(C(=O)C2CCN(C3CCN(Cc4ccc(F)cc4)CC3O)CC2)cc1.COc1ccc(CN2CCC(N3CCC(C(=O)c4ccc(C)cc4)CC3)C(O)C2)cc1.Cc1ccc(C(=O)C2CCN(C3CCN(Cc4ccc(F)cc4)CC3O)CC2)cc1.Cc1ccc(C(=O)C2CCN(C3CCN(Cc4ccccc4)CC3O)CC2)cc1.O=C(c1ccc(F)cc1)C1CCN(C2CCN(Cc3cccnc3)CC2O)CC1. The van der Waals surface area contributed by atoms with Crippen molar-refractivity contribution in [1.29, 1.82) is 0 Å². The molecule has 1 aromatic heterocycles. The second-order valence-corrected chi connectivity index (χ2v) is 43.4. The minimum atomic E-state index is -0.414. The van der Waals surface area contributed by atoms with Crippen molar-refractivity contribution in [3.8, 4) is 11.5 Å². The van der Waals surface area contributed by atoms with Crippen molar-refractivity contribution < 1.29 is 72.2 Å². The molecule has 26 heteroatoms. The molecule has 10 unspecified atom stereocenters. The molecule has 0 spiro atoms. The number of benzene rings is 9. The Morgan fingerprint density at radius 2 is 0.467 bits per heavy atom. The number of halogens is 3. The number of carbonyl (C=O) groups excluding carboxylic acids is 5. The predicted molar refractivity (Wildman–Crippen MR) is 581 cm³/mol. The Kier molecular flexibility index (Phi) is 41.2. The number of aryl methyl sites for hydroxylation is 3. The molecule has 800 valence electrons. The van der Waals surface area contributed by atoms with Crippen molar-refractivity contribution in [2.24, 2.45) is 29.6 Å². The third kappa shape index (κ3) is 31.5. The highest BCUT2D eigenvalue weighted by Crippen LogP contribution is 2.36. The van der Waals surface area contributed by atoms with E-state index in [0.29, 0.717) is 31.7 Å². The van der Waals surface area contributed by atoms with Crippen LogP contribution in [-0.4, -0.2) is 314 Å². The number of ketones is 5. The van der Waals surface area contributed by atoms with Crippen LogP contribution in [0.1, 0.15) is 193 Å². The van der Waals surface area contributed by atoms with Gasteiger partial charge in [-0.05, 0) is 301 Å². The summed E-state index contributed by atoms with van der Waals surface area (Å²) in [5, 5.41) is 54.0. The molecule has 5 N–H and O–H groups in total. The van der Waals surface area contributed by atoms with Gasteiger partial charge in [0.25, 0.3) is 0 Å². The number of ether oxygens (including phenoxy) is 2. The maximum atomic E-state index is 13.1. The van der Waals surface area contributed by atoms with E-state index >= 15 is 0 Å². The number of piperidine rings is 10. The molecule has 11 heterocycles. The molecule has 150 heavy (non-hydrogen) atoms. The van der Waals surface area contributed by atoms with Crippen molar-refractivity contribution in [2.75, 3.05) is 145 Å². The van der Waals surface area contributed by atoms with Gasteiger partial charge in [0.15, 0.2) is 28.9 Å².